The molecular weight excluding hydrogens is 222 g/mol. The summed E-state index contributed by atoms with van der Waals surface area (Å²) in [7, 11) is 1.73. The Labute approximate surface area is 103 Å². The van der Waals surface area contributed by atoms with Gasteiger partial charge in [-0.2, -0.15) is 0 Å². The molecule has 0 aromatic rings. The zero-order chi connectivity index (χ0) is 13.1. The molecule has 0 aliphatic carbocycles. The molecule has 0 bridgehead atoms. The van der Waals surface area contributed by atoms with Crippen LogP contribution in [0.4, 0.5) is 0 Å². The maximum absolute atomic E-state index is 11.4. The third kappa shape index (κ3) is 8.85. The summed E-state index contributed by atoms with van der Waals surface area (Å²) in [5.74, 6) is -0.0557. The standard InChI is InChI=1S/C12H23NO4/c1-11(2)12(15)13(3)5-9-16-7-4-8-17-10-6-14/h14H,1,4-10H2,2-3H3. The van der Waals surface area contributed by atoms with Crippen LogP contribution in [0.3, 0.4) is 0 Å². The lowest BCUT2D eigenvalue weighted by Gasteiger charge is -2.16. The molecule has 0 rings (SSSR count). The van der Waals surface area contributed by atoms with Gasteiger partial charge in [0.15, 0.2) is 0 Å². The van der Waals surface area contributed by atoms with Gasteiger partial charge in [-0.25, -0.2) is 0 Å². The van der Waals surface area contributed by atoms with E-state index in [1.165, 1.54) is 0 Å². The highest BCUT2D eigenvalue weighted by molar-refractivity contribution is 5.91. The quantitative estimate of drug-likeness (QED) is 0.448. The monoisotopic (exact) mass is 245 g/mol. The molecule has 0 radical (unpaired) electrons. The van der Waals surface area contributed by atoms with Gasteiger partial charge in [-0.1, -0.05) is 6.58 Å². The number of nitrogens with zero attached hydrogens (tertiary/aromatic N) is 1. The Balaban J connectivity index is 3.33. The molecule has 17 heavy (non-hydrogen) atoms. The average Bonchev–Trinajstić information content (AvgIpc) is 2.31. The van der Waals surface area contributed by atoms with E-state index >= 15 is 0 Å². The molecule has 1 N–H and O–H groups in total. The summed E-state index contributed by atoms with van der Waals surface area (Å²) in [5.41, 5.74) is 0.532. The molecule has 100 valence electrons. The largest absolute Gasteiger partial charge is 0.394 e. The Hall–Kier alpha value is -0.910. The van der Waals surface area contributed by atoms with Crippen LogP contribution in [0, 0.1) is 0 Å². The number of hydrogen-bond donors (Lipinski definition) is 1. The molecule has 0 heterocycles. The summed E-state index contributed by atoms with van der Waals surface area (Å²) in [6.45, 7) is 7.96. The molecule has 1 amide bonds. The van der Waals surface area contributed by atoms with Crippen LogP contribution in [0.2, 0.25) is 0 Å². The number of likely N-dealkylation sites (N-methyl/N-ethyl adjacent to an activating group) is 1. The third-order valence-electron chi connectivity index (χ3n) is 2.10. The number of carbonyl (C=O) groups is 1. The molecule has 0 saturated heterocycles. The van der Waals surface area contributed by atoms with Crippen molar-refractivity contribution >= 4 is 5.91 Å². The molecule has 5 heteroatoms. The van der Waals surface area contributed by atoms with Gasteiger partial charge >= 0.3 is 0 Å². The minimum Gasteiger partial charge on any atom is -0.394 e. The summed E-state index contributed by atoms with van der Waals surface area (Å²) in [4.78, 5) is 13.0. The van der Waals surface area contributed by atoms with Crippen molar-refractivity contribution in [2.24, 2.45) is 0 Å². The second-order valence-electron chi connectivity index (χ2n) is 3.81. The zero-order valence-corrected chi connectivity index (χ0v) is 10.8. The van der Waals surface area contributed by atoms with Crippen molar-refractivity contribution in [1.29, 1.82) is 0 Å². The van der Waals surface area contributed by atoms with Crippen molar-refractivity contribution in [3.63, 3.8) is 0 Å². The average molecular weight is 245 g/mol. The van der Waals surface area contributed by atoms with Crippen LogP contribution >= 0.6 is 0 Å². The number of aliphatic hydroxyl groups excluding tert-OH is 1. The van der Waals surface area contributed by atoms with Crippen LogP contribution in [-0.2, 0) is 14.3 Å². The van der Waals surface area contributed by atoms with Gasteiger partial charge in [-0.15, -0.1) is 0 Å². The molecule has 0 aromatic heterocycles. The normalized spacial score (nSPS) is 10.3. The minimum atomic E-state index is -0.0557. The van der Waals surface area contributed by atoms with Gasteiger partial charge in [0.2, 0.25) is 5.91 Å². The predicted octanol–water partition coefficient (Wildman–Crippen LogP) is 0.437. The fourth-order valence-electron chi connectivity index (χ4n) is 1.16. The van der Waals surface area contributed by atoms with Gasteiger partial charge in [-0.3, -0.25) is 4.79 Å². The highest BCUT2D eigenvalue weighted by Crippen LogP contribution is 1.95. The van der Waals surface area contributed by atoms with Gasteiger partial charge in [0.1, 0.15) is 0 Å². The van der Waals surface area contributed by atoms with Crippen LogP contribution in [0.15, 0.2) is 12.2 Å². The highest BCUT2D eigenvalue weighted by Gasteiger charge is 2.07. The first kappa shape index (κ1) is 16.1. The van der Waals surface area contributed by atoms with E-state index in [0.29, 0.717) is 38.5 Å². The molecular formula is C12H23NO4. The van der Waals surface area contributed by atoms with Gasteiger partial charge in [0.05, 0.1) is 19.8 Å². The molecule has 0 atom stereocenters. The van der Waals surface area contributed by atoms with Crippen molar-refractivity contribution in [2.45, 2.75) is 13.3 Å². The Morgan fingerprint density at radius 1 is 1.24 bits per heavy atom. The zero-order valence-electron chi connectivity index (χ0n) is 10.8. The van der Waals surface area contributed by atoms with Crippen LogP contribution in [0.1, 0.15) is 13.3 Å². The number of aliphatic hydroxyl groups is 1. The summed E-state index contributed by atoms with van der Waals surface area (Å²) in [5, 5.41) is 8.46. The SMILES string of the molecule is C=C(C)C(=O)N(C)CCOCCCOCCO. The lowest BCUT2D eigenvalue weighted by atomic mass is 10.3. The lowest BCUT2D eigenvalue weighted by molar-refractivity contribution is -0.126. The smallest absolute Gasteiger partial charge is 0.248 e. The summed E-state index contributed by atoms with van der Waals surface area (Å²) < 4.78 is 10.4. The highest BCUT2D eigenvalue weighted by atomic mass is 16.5. The van der Waals surface area contributed by atoms with E-state index in [-0.39, 0.29) is 12.5 Å². The van der Waals surface area contributed by atoms with Gasteiger partial charge in [0, 0.05) is 32.4 Å². The number of carbonyl (C=O) groups excluding carboxylic acids is 1. The number of hydrogen-bond acceptors (Lipinski definition) is 4. The van der Waals surface area contributed by atoms with Crippen LogP contribution in [0.5, 0.6) is 0 Å². The van der Waals surface area contributed by atoms with Crippen molar-refractivity contribution in [3.05, 3.63) is 12.2 Å². The van der Waals surface area contributed by atoms with E-state index < -0.39 is 0 Å². The Morgan fingerprint density at radius 2 is 1.82 bits per heavy atom. The van der Waals surface area contributed by atoms with Crippen LogP contribution < -0.4 is 0 Å². The molecule has 0 aromatic carbocycles. The summed E-state index contributed by atoms with van der Waals surface area (Å²) in [6, 6.07) is 0. The van der Waals surface area contributed by atoms with E-state index in [4.69, 9.17) is 14.6 Å². The minimum absolute atomic E-state index is 0.0503. The van der Waals surface area contributed by atoms with Crippen molar-refractivity contribution in [1.82, 2.24) is 4.90 Å². The van der Waals surface area contributed by atoms with E-state index in [2.05, 4.69) is 6.58 Å². The van der Waals surface area contributed by atoms with Crippen molar-refractivity contribution < 1.29 is 19.4 Å². The van der Waals surface area contributed by atoms with Gasteiger partial charge < -0.3 is 19.5 Å². The Morgan fingerprint density at radius 3 is 2.35 bits per heavy atom. The fraction of sp³-hybridized carbons (Fsp3) is 0.750. The van der Waals surface area contributed by atoms with Crippen LogP contribution in [-0.4, -0.2) is 62.5 Å². The van der Waals surface area contributed by atoms with E-state index in [9.17, 15) is 4.79 Å². The van der Waals surface area contributed by atoms with Crippen molar-refractivity contribution in [2.75, 3.05) is 46.6 Å². The summed E-state index contributed by atoms with van der Waals surface area (Å²) >= 11 is 0. The molecule has 0 aliphatic rings. The van der Waals surface area contributed by atoms with Crippen LogP contribution in [0.25, 0.3) is 0 Å². The maximum atomic E-state index is 11.4. The first-order valence-corrected chi connectivity index (χ1v) is 5.77. The molecule has 0 saturated carbocycles. The first-order chi connectivity index (χ1) is 8.09. The topological polar surface area (TPSA) is 59.0 Å². The first-order valence-electron chi connectivity index (χ1n) is 5.77. The predicted molar refractivity (Wildman–Crippen MR) is 65.8 cm³/mol. The van der Waals surface area contributed by atoms with E-state index in [1.807, 2.05) is 0 Å². The third-order valence-corrected chi connectivity index (χ3v) is 2.10. The van der Waals surface area contributed by atoms with E-state index in [0.717, 1.165) is 6.42 Å². The Kier molecular flexibility index (Phi) is 9.71. The Bertz CT molecular complexity index is 231. The van der Waals surface area contributed by atoms with Gasteiger partial charge in [0.25, 0.3) is 0 Å². The number of rotatable bonds is 10. The second-order valence-corrected chi connectivity index (χ2v) is 3.81. The second kappa shape index (κ2) is 10.3. The van der Waals surface area contributed by atoms with E-state index in [1.54, 1.807) is 18.9 Å². The lowest BCUT2D eigenvalue weighted by Crippen LogP contribution is -2.30. The molecule has 5 nitrogen and oxygen atoms in total. The number of ether oxygens (including phenoxy) is 2. The molecule has 0 aliphatic heterocycles. The van der Waals surface area contributed by atoms with Crippen molar-refractivity contribution in [3.8, 4) is 0 Å². The fourth-order valence-corrected chi connectivity index (χ4v) is 1.16. The molecule has 0 spiro atoms. The van der Waals surface area contributed by atoms with Gasteiger partial charge in [-0.05, 0) is 13.3 Å². The molecule has 0 unspecified atom stereocenters. The summed E-state index contributed by atoms with van der Waals surface area (Å²) in [6.07, 6.45) is 0.790. The maximum Gasteiger partial charge on any atom is 0.248 e. The molecule has 0 fully saturated rings. The number of amides is 1.